The highest BCUT2D eigenvalue weighted by molar-refractivity contribution is 7.47. The number of hydrogen-bond acceptors (Lipinski definition) is 4. The van der Waals surface area contributed by atoms with Crippen molar-refractivity contribution in [2.75, 3.05) is 32.8 Å². The van der Waals surface area contributed by atoms with Crippen LogP contribution in [0.3, 0.4) is 0 Å². The van der Waals surface area contributed by atoms with Crippen LogP contribution in [-0.2, 0) is 13.6 Å². The molecule has 0 aliphatic heterocycles. The van der Waals surface area contributed by atoms with Gasteiger partial charge in [-0.25, -0.2) is 4.57 Å². The molecule has 0 saturated carbocycles. The van der Waals surface area contributed by atoms with Crippen LogP contribution in [0.1, 0.15) is 201 Å². The molecule has 0 aromatic heterocycles. The molecule has 1 atom stereocenters. The molecule has 0 aromatic rings. The summed E-state index contributed by atoms with van der Waals surface area (Å²) in [5.74, 6) is 0. The number of hydrogen-bond donors (Lipinski definition) is 1. The van der Waals surface area contributed by atoms with E-state index in [0.717, 1.165) is 38.6 Å². The van der Waals surface area contributed by atoms with Gasteiger partial charge in [0.15, 0.2) is 0 Å². The third-order valence-corrected chi connectivity index (χ3v) is 9.55. The smallest absolute Gasteiger partial charge is 0.303 e. The van der Waals surface area contributed by atoms with Crippen LogP contribution >= 0.6 is 7.82 Å². The summed E-state index contributed by atoms with van der Waals surface area (Å²) in [5, 5.41) is 0. The van der Waals surface area contributed by atoms with Crippen molar-refractivity contribution in [3.05, 3.63) is 0 Å². The van der Waals surface area contributed by atoms with Gasteiger partial charge in [0.1, 0.15) is 0 Å². The van der Waals surface area contributed by atoms with E-state index in [-0.39, 0.29) is 0 Å². The lowest BCUT2D eigenvalue weighted by Gasteiger charge is -2.22. The number of phosphoric acid groups is 1. The summed E-state index contributed by atoms with van der Waals surface area (Å²) in [5.41, 5.74) is 0. The minimum Gasteiger partial charge on any atom is -0.303 e. The molecule has 0 aromatic carbocycles. The maximum Gasteiger partial charge on any atom is 0.472 e. The Kier molecular flexibility index (Phi) is 34.0. The lowest BCUT2D eigenvalue weighted by atomic mass is 10.1. The number of nitrogens with zero attached hydrogens (tertiary/aromatic N) is 1. The molecule has 0 radical (unpaired) electrons. The van der Waals surface area contributed by atoms with Crippen LogP contribution in [0.2, 0.25) is 0 Å². The van der Waals surface area contributed by atoms with E-state index < -0.39 is 7.82 Å². The van der Waals surface area contributed by atoms with Gasteiger partial charge in [-0.2, -0.15) is 0 Å². The Hall–Kier alpha value is 0.0700. The van der Waals surface area contributed by atoms with Gasteiger partial charge in [0.2, 0.25) is 0 Å². The fraction of sp³-hybridized carbons (Fsp3) is 1.00. The number of unbranched alkanes of at least 4 members (excludes halogenated alkanes) is 24. The third-order valence-electron chi connectivity index (χ3n) is 8.53. The average molecular weight is 618 g/mol. The minimum absolute atomic E-state index is 0.307. The van der Waals surface area contributed by atoms with Crippen molar-refractivity contribution in [1.82, 2.24) is 4.90 Å². The molecule has 0 aliphatic rings. The highest BCUT2D eigenvalue weighted by Crippen LogP contribution is 2.43. The summed E-state index contributed by atoms with van der Waals surface area (Å²) in [6, 6.07) is 0. The normalized spacial score (nSPS) is 13.3. The molecule has 0 heterocycles. The Morgan fingerprint density at radius 1 is 0.405 bits per heavy atom. The molecule has 6 heteroatoms. The second kappa shape index (κ2) is 34.0. The van der Waals surface area contributed by atoms with E-state index in [4.69, 9.17) is 9.05 Å². The van der Waals surface area contributed by atoms with E-state index in [1.807, 2.05) is 0 Å². The van der Waals surface area contributed by atoms with Crippen molar-refractivity contribution in [2.45, 2.75) is 201 Å². The largest absolute Gasteiger partial charge is 0.472 e. The lowest BCUT2D eigenvalue weighted by molar-refractivity contribution is 0.144. The summed E-state index contributed by atoms with van der Waals surface area (Å²) < 4.78 is 22.6. The van der Waals surface area contributed by atoms with Crippen molar-refractivity contribution in [3.8, 4) is 0 Å². The first-order valence-electron chi connectivity index (χ1n) is 18.9. The van der Waals surface area contributed by atoms with Gasteiger partial charge in [-0.05, 0) is 58.2 Å². The van der Waals surface area contributed by atoms with Gasteiger partial charge in [0.05, 0.1) is 13.2 Å². The van der Waals surface area contributed by atoms with Crippen molar-refractivity contribution in [2.24, 2.45) is 0 Å². The zero-order valence-electron chi connectivity index (χ0n) is 28.9. The van der Waals surface area contributed by atoms with Crippen LogP contribution in [0, 0.1) is 0 Å². The van der Waals surface area contributed by atoms with Crippen molar-refractivity contribution in [1.29, 1.82) is 0 Å². The van der Waals surface area contributed by atoms with Crippen LogP contribution < -0.4 is 0 Å². The molecular weight excluding hydrogens is 541 g/mol. The molecule has 0 aliphatic carbocycles. The molecular formula is C36H76NO4P. The van der Waals surface area contributed by atoms with Crippen LogP contribution in [-0.4, -0.2) is 42.6 Å². The molecule has 0 saturated heterocycles. The standard InChI is InChI=1S/C36H76NO4P/c1-4-7-10-13-16-19-22-25-30-35-40-42(38,39)41-36-31-26-29-34-37(32-27-23-20-17-14-11-8-5-2)33-28-24-21-18-15-12-9-6-3/h4-36H2,1-3H3,(H,38,39). The molecule has 0 rings (SSSR count). The fourth-order valence-corrected chi connectivity index (χ4v) is 6.49. The molecule has 0 spiro atoms. The minimum atomic E-state index is -3.91. The summed E-state index contributed by atoms with van der Waals surface area (Å²) in [6.07, 6.45) is 35.9. The molecule has 0 bridgehead atoms. The highest BCUT2D eigenvalue weighted by Gasteiger charge is 2.20. The van der Waals surface area contributed by atoms with Crippen LogP contribution in [0.25, 0.3) is 0 Å². The van der Waals surface area contributed by atoms with Crippen LogP contribution in [0.4, 0.5) is 0 Å². The summed E-state index contributed by atoms with van der Waals surface area (Å²) in [4.78, 5) is 12.7. The van der Waals surface area contributed by atoms with Gasteiger partial charge >= 0.3 is 7.82 Å². The SMILES string of the molecule is CCCCCCCCCCCOP(=O)(O)OCCCCCN(CCCCCCCCCC)CCCCCCCCCC. The molecule has 1 N–H and O–H groups in total. The van der Waals surface area contributed by atoms with Gasteiger partial charge in [-0.1, -0.05) is 162 Å². The molecule has 254 valence electrons. The summed E-state index contributed by atoms with van der Waals surface area (Å²) in [6.45, 7) is 11.0. The average Bonchev–Trinajstić information content (AvgIpc) is 2.98. The van der Waals surface area contributed by atoms with Gasteiger partial charge in [-0.3, -0.25) is 9.05 Å². The zero-order valence-corrected chi connectivity index (χ0v) is 29.8. The number of phosphoric ester groups is 1. The Bertz CT molecular complexity index is 543. The highest BCUT2D eigenvalue weighted by atomic mass is 31.2. The van der Waals surface area contributed by atoms with E-state index in [2.05, 4.69) is 25.7 Å². The quantitative estimate of drug-likeness (QED) is 0.0560. The molecule has 1 unspecified atom stereocenters. The Morgan fingerprint density at radius 2 is 0.643 bits per heavy atom. The second-order valence-corrected chi connectivity index (χ2v) is 14.3. The first-order chi connectivity index (χ1) is 20.6. The maximum absolute atomic E-state index is 12.2. The second-order valence-electron chi connectivity index (χ2n) is 12.8. The van der Waals surface area contributed by atoms with E-state index in [1.165, 1.54) is 161 Å². The maximum atomic E-state index is 12.2. The molecule has 42 heavy (non-hydrogen) atoms. The fourth-order valence-electron chi connectivity index (χ4n) is 5.70. The molecule has 0 amide bonds. The van der Waals surface area contributed by atoms with Crippen LogP contribution in [0.5, 0.6) is 0 Å². The molecule has 5 nitrogen and oxygen atoms in total. The van der Waals surface area contributed by atoms with Crippen molar-refractivity contribution >= 4 is 7.82 Å². The Morgan fingerprint density at radius 3 is 0.952 bits per heavy atom. The van der Waals surface area contributed by atoms with E-state index in [1.54, 1.807) is 0 Å². The van der Waals surface area contributed by atoms with Gasteiger partial charge in [-0.15, -0.1) is 0 Å². The van der Waals surface area contributed by atoms with Crippen molar-refractivity contribution in [3.63, 3.8) is 0 Å². The van der Waals surface area contributed by atoms with E-state index in [9.17, 15) is 9.46 Å². The topological polar surface area (TPSA) is 59.0 Å². The Labute approximate surface area is 264 Å². The zero-order chi connectivity index (χ0) is 30.8. The predicted octanol–water partition coefficient (Wildman–Crippen LogP) is 12.4. The van der Waals surface area contributed by atoms with Gasteiger partial charge in [0.25, 0.3) is 0 Å². The monoisotopic (exact) mass is 618 g/mol. The van der Waals surface area contributed by atoms with Gasteiger partial charge < -0.3 is 9.79 Å². The first kappa shape index (κ1) is 42.1. The third kappa shape index (κ3) is 33.0. The lowest BCUT2D eigenvalue weighted by Crippen LogP contribution is -2.27. The first-order valence-corrected chi connectivity index (χ1v) is 20.4. The van der Waals surface area contributed by atoms with E-state index >= 15 is 0 Å². The van der Waals surface area contributed by atoms with Gasteiger partial charge in [0, 0.05) is 0 Å². The summed E-state index contributed by atoms with van der Waals surface area (Å²) >= 11 is 0. The van der Waals surface area contributed by atoms with Crippen LogP contribution in [0.15, 0.2) is 0 Å². The Balaban J connectivity index is 3.98. The predicted molar refractivity (Wildman–Crippen MR) is 184 cm³/mol. The number of rotatable bonds is 36. The summed E-state index contributed by atoms with van der Waals surface area (Å²) in [7, 11) is -3.91. The van der Waals surface area contributed by atoms with Crippen molar-refractivity contribution < 1.29 is 18.5 Å². The van der Waals surface area contributed by atoms with E-state index in [0.29, 0.717) is 13.2 Å². The molecule has 0 fully saturated rings.